The zero-order valence-corrected chi connectivity index (χ0v) is 15.6. The van der Waals surface area contributed by atoms with Crippen molar-refractivity contribution in [1.82, 2.24) is 20.1 Å². The molecule has 0 aliphatic carbocycles. The number of fused-ring (bicyclic) bond motifs is 1. The van der Waals surface area contributed by atoms with Gasteiger partial charge in [0.25, 0.3) is 5.56 Å². The Bertz CT molecular complexity index is 989. The number of nitrogens with one attached hydrogen (secondary N) is 1. The smallest absolute Gasteiger partial charge is 0.264 e. The van der Waals surface area contributed by atoms with Gasteiger partial charge in [-0.1, -0.05) is 30.3 Å². The Labute approximate surface area is 162 Å². The Balaban J connectivity index is 1.32. The lowest BCUT2D eigenvalue weighted by Gasteiger charge is -2.25. The summed E-state index contributed by atoms with van der Waals surface area (Å²) in [5.74, 6) is 1.70. The molecule has 2 aromatic heterocycles. The monoisotopic (exact) mass is 378 g/mol. The summed E-state index contributed by atoms with van der Waals surface area (Å²) in [4.78, 5) is 30.0. The van der Waals surface area contributed by atoms with Crippen LogP contribution in [0.2, 0.25) is 0 Å². The lowest BCUT2D eigenvalue weighted by atomic mass is 10.1. The number of aromatic amines is 1. The third-order valence-corrected chi connectivity index (χ3v) is 4.93. The number of hydrogen-bond acceptors (Lipinski definition) is 5. The summed E-state index contributed by atoms with van der Waals surface area (Å²) >= 11 is 0. The molecule has 3 heterocycles. The molecule has 1 aliphatic heterocycles. The molecule has 0 unspecified atom stereocenters. The van der Waals surface area contributed by atoms with E-state index < -0.39 is 0 Å². The number of benzene rings is 1. The van der Waals surface area contributed by atoms with Gasteiger partial charge in [0.2, 0.25) is 5.91 Å². The SMILES string of the molecule is O=C(CCc1ccc(=O)[nH]n1)N1CCc2oc(CCc3ccccc3)nc2C1. The molecule has 0 radical (unpaired) electrons. The molecule has 7 nitrogen and oxygen atoms in total. The van der Waals surface area contributed by atoms with E-state index in [1.165, 1.54) is 11.6 Å². The van der Waals surface area contributed by atoms with Gasteiger partial charge in [-0.3, -0.25) is 9.59 Å². The van der Waals surface area contributed by atoms with Crippen molar-refractivity contribution in [3.05, 3.63) is 81.4 Å². The maximum atomic E-state index is 12.5. The molecule has 0 atom stereocenters. The van der Waals surface area contributed by atoms with Gasteiger partial charge in [-0.25, -0.2) is 10.1 Å². The Morgan fingerprint density at radius 2 is 1.96 bits per heavy atom. The highest BCUT2D eigenvalue weighted by Gasteiger charge is 2.25. The molecule has 144 valence electrons. The number of aromatic nitrogens is 3. The Kier molecular flexibility index (Phi) is 5.32. The molecule has 1 aliphatic rings. The predicted molar refractivity (Wildman–Crippen MR) is 103 cm³/mol. The fourth-order valence-corrected chi connectivity index (χ4v) is 3.37. The van der Waals surface area contributed by atoms with E-state index in [9.17, 15) is 9.59 Å². The summed E-state index contributed by atoms with van der Waals surface area (Å²) in [6.07, 6.45) is 3.18. The lowest BCUT2D eigenvalue weighted by Crippen LogP contribution is -2.36. The van der Waals surface area contributed by atoms with Crippen LogP contribution in [0.1, 0.15) is 35.0 Å². The number of hydrogen-bond donors (Lipinski definition) is 1. The van der Waals surface area contributed by atoms with Gasteiger partial charge in [-0.15, -0.1) is 0 Å². The molecule has 28 heavy (non-hydrogen) atoms. The number of carbonyl (C=O) groups excluding carboxylic acids is 1. The van der Waals surface area contributed by atoms with Gasteiger partial charge in [0.1, 0.15) is 11.5 Å². The minimum atomic E-state index is -0.243. The largest absolute Gasteiger partial charge is 0.445 e. The van der Waals surface area contributed by atoms with E-state index in [0.29, 0.717) is 38.0 Å². The van der Waals surface area contributed by atoms with Crippen molar-refractivity contribution in [1.29, 1.82) is 0 Å². The Morgan fingerprint density at radius 1 is 1.11 bits per heavy atom. The second-order valence-electron chi connectivity index (χ2n) is 6.94. The van der Waals surface area contributed by atoms with Gasteiger partial charge in [0.15, 0.2) is 5.89 Å². The van der Waals surface area contributed by atoms with Crippen molar-refractivity contribution in [3.8, 4) is 0 Å². The molecule has 1 N–H and O–H groups in total. The van der Waals surface area contributed by atoms with E-state index in [1.54, 1.807) is 6.07 Å². The first-order chi connectivity index (χ1) is 13.7. The number of H-pyrrole nitrogens is 1. The molecular weight excluding hydrogens is 356 g/mol. The van der Waals surface area contributed by atoms with Gasteiger partial charge in [-0.05, 0) is 18.1 Å². The molecule has 4 rings (SSSR count). The topological polar surface area (TPSA) is 92.1 Å². The van der Waals surface area contributed by atoms with Crippen LogP contribution in [0.5, 0.6) is 0 Å². The van der Waals surface area contributed by atoms with Crippen LogP contribution >= 0.6 is 0 Å². The lowest BCUT2D eigenvalue weighted by molar-refractivity contribution is -0.132. The Morgan fingerprint density at radius 3 is 2.75 bits per heavy atom. The van der Waals surface area contributed by atoms with E-state index in [-0.39, 0.29) is 11.5 Å². The first kappa shape index (κ1) is 18.2. The molecule has 7 heteroatoms. The van der Waals surface area contributed by atoms with Crippen molar-refractivity contribution in [3.63, 3.8) is 0 Å². The van der Waals surface area contributed by atoms with Crippen LogP contribution in [-0.4, -0.2) is 32.5 Å². The molecule has 1 amide bonds. The van der Waals surface area contributed by atoms with Gasteiger partial charge in [0, 0.05) is 38.3 Å². The summed E-state index contributed by atoms with van der Waals surface area (Å²) in [5.41, 5.74) is 2.58. The number of amides is 1. The fraction of sp³-hybridized carbons (Fsp3) is 0.333. The minimum Gasteiger partial charge on any atom is -0.445 e. The first-order valence-electron chi connectivity index (χ1n) is 9.51. The van der Waals surface area contributed by atoms with Crippen LogP contribution in [0, 0.1) is 0 Å². The summed E-state index contributed by atoms with van der Waals surface area (Å²) in [5, 5.41) is 6.33. The van der Waals surface area contributed by atoms with E-state index >= 15 is 0 Å². The van der Waals surface area contributed by atoms with Gasteiger partial charge in [0.05, 0.1) is 12.2 Å². The second kappa shape index (κ2) is 8.21. The van der Waals surface area contributed by atoms with Crippen LogP contribution in [0.15, 0.2) is 51.7 Å². The van der Waals surface area contributed by atoms with E-state index in [0.717, 1.165) is 30.2 Å². The van der Waals surface area contributed by atoms with Crippen LogP contribution in [0.4, 0.5) is 0 Å². The van der Waals surface area contributed by atoms with Crippen molar-refractivity contribution in [2.24, 2.45) is 0 Å². The highest BCUT2D eigenvalue weighted by molar-refractivity contribution is 5.76. The van der Waals surface area contributed by atoms with Crippen LogP contribution in [0.25, 0.3) is 0 Å². The molecular formula is C21H22N4O3. The van der Waals surface area contributed by atoms with Gasteiger partial charge in [-0.2, -0.15) is 5.10 Å². The van der Waals surface area contributed by atoms with Crippen molar-refractivity contribution < 1.29 is 9.21 Å². The molecule has 0 spiro atoms. The first-order valence-corrected chi connectivity index (χ1v) is 9.51. The minimum absolute atomic E-state index is 0.0625. The summed E-state index contributed by atoms with van der Waals surface area (Å²) in [7, 11) is 0. The normalized spacial score (nSPS) is 13.4. The van der Waals surface area contributed by atoms with Crippen molar-refractivity contribution in [2.45, 2.75) is 38.6 Å². The molecule has 0 bridgehead atoms. The maximum Gasteiger partial charge on any atom is 0.264 e. The average Bonchev–Trinajstić information content (AvgIpc) is 3.14. The van der Waals surface area contributed by atoms with Crippen molar-refractivity contribution in [2.75, 3.05) is 6.54 Å². The quantitative estimate of drug-likeness (QED) is 0.709. The third kappa shape index (κ3) is 4.36. The number of aryl methyl sites for hydroxylation is 3. The highest BCUT2D eigenvalue weighted by atomic mass is 16.4. The number of carbonyl (C=O) groups is 1. The van der Waals surface area contributed by atoms with E-state index in [4.69, 9.17) is 4.42 Å². The second-order valence-corrected chi connectivity index (χ2v) is 6.94. The summed E-state index contributed by atoms with van der Waals surface area (Å²) in [6.45, 7) is 1.13. The molecule has 0 saturated heterocycles. The highest BCUT2D eigenvalue weighted by Crippen LogP contribution is 2.21. The zero-order chi connectivity index (χ0) is 19.3. The van der Waals surface area contributed by atoms with Gasteiger partial charge >= 0.3 is 0 Å². The van der Waals surface area contributed by atoms with Gasteiger partial charge < -0.3 is 9.32 Å². The predicted octanol–water partition coefficient (Wildman–Crippen LogP) is 2.06. The van der Waals surface area contributed by atoms with Crippen LogP contribution < -0.4 is 5.56 Å². The molecule has 0 fully saturated rings. The fourth-order valence-electron chi connectivity index (χ4n) is 3.37. The standard InChI is InChI=1S/C21H22N4O3/c26-19-9-7-16(23-24-19)8-11-21(27)25-13-12-18-17(14-25)22-20(28-18)10-6-15-4-2-1-3-5-15/h1-5,7,9H,6,8,10-14H2,(H,24,26). The summed E-state index contributed by atoms with van der Waals surface area (Å²) < 4.78 is 5.90. The average molecular weight is 378 g/mol. The molecule has 0 saturated carbocycles. The Hall–Kier alpha value is -3.22. The maximum absolute atomic E-state index is 12.5. The van der Waals surface area contributed by atoms with Crippen LogP contribution in [0.3, 0.4) is 0 Å². The van der Waals surface area contributed by atoms with E-state index in [1.807, 2.05) is 23.1 Å². The molecule has 3 aromatic rings. The molecule has 1 aromatic carbocycles. The van der Waals surface area contributed by atoms with E-state index in [2.05, 4.69) is 27.3 Å². The number of oxazole rings is 1. The zero-order valence-electron chi connectivity index (χ0n) is 15.6. The number of rotatable bonds is 6. The number of nitrogens with zero attached hydrogens (tertiary/aromatic N) is 3. The summed E-state index contributed by atoms with van der Waals surface area (Å²) in [6, 6.07) is 13.3. The van der Waals surface area contributed by atoms with Crippen molar-refractivity contribution >= 4 is 5.91 Å². The third-order valence-electron chi connectivity index (χ3n) is 4.93. The van der Waals surface area contributed by atoms with Crippen LogP contribution in [-0.2, 0) is 37.0 Å².